The quantitative estimate of drug-likeness (QED) is 0.854. The van der Waals surface area contributed by atoms with Gasteiger partial charge in [0.1, 0.15) is 0 Å². The summed E-state index contributed by atoms with van der Waals surface area (Å²) >= 11 is 6.40. The second-order valence-corrected chi connectivity index (χ2v) is 5.51. The first kappa shape index (κ1) is 16.0. The molecule has 0 radical (unpaired) electrons. The van der Waals surface area contributed by atoms with Gasteiger partial charge in [-0.25, -0.2) is 0 Å². The van der Waals surface area contributed by atoms with Crippen molar-refractivity contribution in [3.05, 3.63) is 34.4 Å². The van der Waals surface area contributed by atoms with Crippen molar-refractivity contribution in [3.8, 4) is 0 Å². The number of hydrogen-bond donors (Lipinski definition) is 1. The molecule has 2 rings (SSSR count). The lowest BCUT2D eigenvalue weighted by Gasteiger charge is -2.21. The summed E-state index contributed by atoms with van der Waals surface area (Å²) in [6, 6.07) is 2.14. The van der Waals surface area contributed by atoms with Crippen molar-refractivity contribution in [1.82, 2.24) is 24.9 Å². The monoisotopic (exact) mass is 309 g/mol. The van der Waals surface area contributed by atoms with E-state index in [0.717, 1.165) is 43.1 Å². The molecule has 0 aliphatic heterocycles. The molecule has 2 heterocycles. The number of aromatic nitrogens is 4. The van der Waals surface area contributed by atoms with Gasteiger partial charge in [0.2, 0.25) is 0 Å². The van der Waals surface area contributed by atoms with Crippen LogP contribution >= 0.6 is 11.6 Å². The number of aryl methyl sites for hydroxylation is 3. The summed E-state index contributed by atoms with van der Waals surface area (Å²) in [5, 5.41) is 13.2. The smallest absolute Gasteiger partial charge is 0.0934 e. The zero-order chi connectivity index (χ0) is 15.4. The minimum absolute atomic E-state index is 0.0149. The third-order valence-electron chi connectivity index (χ3n) is 3.53. The molecule has 2 aromatic heterocycles. The summed E-state index contributed by atoms with van der Waals surface area (Å²) in [4.78, 5) is 0. The van der Waals surface area contributed by atoms with E-state index >= 15 is 0 Å². The molecule has 0 aromatic carbocycles. The van der Waals surface area contributed by atoms with Crippen molar-refractivity contribution >= 4 is 11.6 Å². The van der Waals surface area contributed by atoms with Crippen LogP contribution in [0.25, 0.3) is 0 Å². The highest BCUT2D eigenvalue weighted by Gasteiger charge is 2.24. The molecule has 0 bridgehead atoms. The average Bonchev–Trinajstić information content (AvgIpc) is 3.03. The molecule has 6 heteroatoms. The highest BCUT2D eigenvalue weighted by atomic mass is 35.5. The highest BCUT2D eigenvalue weighted by molar-refractivity contribution is 6.31. The normalized spacial score (nSPS) is 12.8. The molecule has 1 N–H and O–H groups in total. The molecule has 0 saturated carbocycles. The summed E-state index contributed by atoms with van der Waals surface area (Å²) in [7, 11) is 0. The minimum atomic E-state index is 0.0149. The Morgan fingerprint density at radius 2 is 1.95 bits per heavy atom. The lowest BCUT2D eigenvalue weighted by Crippen LogP contribution is -2.28. The Morgan fingerprint density at radius 1 is 1.24 bits per heavy atom. The molecule has 0 fully saturated rings. The van der Waals surface area contributed by atoms with Crippen LogP contribution in [0.1, 0.15) is 50.3 Å². The molecule has 1 atom stereocenters. The first-order valence-corrected chi connectivity index (χ1v) is 7.99. The molecule has 0 amide bonds. The summed E-state index contributed by atoms with van der Waals surface area (Å²) in [5.74, 6) is 0. The van der Waals surface area contributed by atoms with Gasteiger partial charge in [0, 0.05) is 13.1 Å². The molecule has 2 aromatic rings. The van der Waals surface area contributed by atoms with Crippen molar-refractivity contribution in [3.63, 3.8) is 0 Å². The van der Waals surface area contributed by atoms with E-state index in [-0.39, 0.29) is 6.04 Å². The molecule has 0 aliphatic rings. The number of rotatable bonds is 7. The molecule has 5 nitrogen and oxygen atoms in total. The number of nitrogens with zero attached hydrogens (tertiary/aromatic N) is 4. The van der Waals surface area contributed by atoms with Crippen molar-refractivity contribution in [2.45, 2.75) is 53.2 Å². The summed E-state index contributed by atoms with van der Waals surface area (Å²) < 4.78 is 3.99. The van der Waals surface area contributed by atoms with E-state index in [9.17, 15) is 0 Å². The molecular formula is C15H24ClN5. The molecule has 0 spiro atoms. The third-order valence-corrected chi connectivity index (χ3v) is 3.82. The fourth-order valence-electron chi connectivity index (χ4n) is 2.59. The van der Waals surface area contributed by atoms with E-state index in [1.807, 2.05) is 16.3 Å². The zero-order valence-corrected chi connectivity index (χ0v) is 14.0. The second kappa shape index (κ2) is 7.09. The maximum absolute atomic E-state index is 6.40. The van der Waals surface area contributed by atoms with Crippen LogP contribution in [0.2, 0.25) is 5.02 Å². The van der Waals surface area contributed by atoms with Gasteiger partial charge in [0.15, 0.2) is 0 Å². The first-order chi connectivity index (χ1) is 10.1. The SMILES string of the molecule is CCCNC(c1cc(C)nn1CC)c1c(Cl)cnn1CC. The van der Waals surface area contributed by atoms with Crippen LogP contribution in [0.4, 0.5) is 0 Å². The predicted octanol–water partition coefficient (Wildman–Crippen LogP) is 3.17. The molecule has 0 saturated heterocycles. The van der Waals surface area contributed by atoms with Gasteiger partial charge in [-0.05, 0) is 39.8 Å². The summed E-state index contributed by atoms with van der Waals surface area (Å²) in [6.45, 7) is 10.9. The topological polar surface area (TPSA) is 47.7 Å². The summed E-state index contributed by atoms with van der Waals surface area (Å²) in [6.07, 6.45) is 2.79. The fraction of sp³-hybridized carbons (Fsp3) is 0.600. The van der Waals surface area contributed by atoms with Crippen LogP contribution in [0.15, 0.2) is 12.3 Å². The van der Waals surface area contributed by atoms with Crippen molar-refractivity contribution in [1.29, 1.82) is 0 Å². The van der Waals surface area contributed by atoms with Gasteiger partial charge in [0.05, 0.1) is 34.3 Å². The Labute approximate surface area is 131 Å². The van der Waals surface area contributed by atoms with E-state index in [1.54, 1.807) is 6.20 Å². The lowest BCUT2D eigenvalue weighted by atomic mass is 10.1. The van der Waals surface area contributed by atoms with E-state index < -0.39 is 0 Å². The van der Waals surface area contributed by atoms with Crippen molar-refractivity contribution in [2.75, 3.05) is 6.54 Å². The Balaban J connectivity index is 2.49. The van der Waals surface area contributed by atoms with Crippen LogP contribution in [0.5, 0.6) is 0 Å². The average molecular weight is 310 g/mol. The second-order valence-electron chi connectivity index (χ2n) is 5.11. The predicted molar refractivity (Wildman–Crippen MR) is 85.7 cm³/mol. The lowest BCUT2D eigenvalue weighted by molar-refractivity contribution is 0.490. The summed E-state index contributed by atoms with van der Waals surface area (Å²) in [5.41, 5.74) is 3.18. The van der Waals surface area contributed by atoms with Gasteiger partial charge < -0.3 is 5.32 Å². The van der Waals surface area contributed by atoms with Crippen LogP contribution < -0.4 is 5.32 Å². The van der Waals surface area contributed by atoms with Gasteiger partial charge in [0.25, 0.3) is 0 Å². The first-order valence-electron chi connectivity index (χ1n) is 7.61. The Hall–Kier alpha value is -1.33. The van der Waals surface area contributed by atoms with Crippen molar-refractivity contribution < 1.29 is 0 Å². The maximum atomic E-state index is 6.40. The third kappa shape index (κ3) is 3.30. The largest absolute Gasteiger partial charge is 0.304 e. The number of halogens is 1. The van der Waals surface area contributed by atoms with Gasteiger partial charge >= 0.3 is 0 Å². The zero-order valence-electron chi connectivity index (χ0n) is 13.2. The molecule has 21 heavy (non-hydrogen) atoms. The fourth-order valence-corrected chi connectivity index (χ4v) is 2.84. The van der Waals surface area contributed by atoms with Gasteiger partial charge in [-0.3, -0.25) is 9.36 Å². The number of hydrogen-bond acceptors (Lipinski definition) is 3. The Kier molecular flexibility index (Phi) is 5.42. The Morgan fingerprint density at radius 3 is 2.57 bits per heavy atom. The van der Waals surface area contributed by atoms with Crippen LogP contribution in [-0.2, 0) is 13.1 Å². The van der Waals surface area contributed by atoms with E-state index in [0.29, 0.717) is 5.02 Å². The van der Waals surface area contributed by atoms with E-state index in [1.165, 1.54) is 0 Å². The van der Waals surface area contributed by atoms with Crippen LogP contribution in [-0.4, -0.2) is 26.1 Å². The molecule has 1 unspecified atom stereocenters. The molecule has 116 valence electrons. The molecular weight excluding hydrogens is 286 g/mol. The van der Waals surface area contributed by atoms with E-state index in [4.69, 9.17) is 11.6 Å². The highest BCUT2D eigenvalue weighted by Crippen LogP contribution is 2.29. The van der Waals surface area contributed by atoms with Gasteiger partial charge in [-0.15, -0.1) is 0 Å². The number of nitrogens with one attached hydrogen (secondary N) is 1. The molecule has 0 aliphatic carbocycles. The van der Waals surface area contributed by atoms with E-state index in [2.05, 4.69) is 42.4 Å². The van der Waals surface area contributed by atoms with Crippen LogP contribution in [0.3, 0.4) is 0 Å². The maximum Gasteiger partial charge on any atom is 0.0934 e. The van der Waals surface area contributed by atoms with Gasteiger partial charge in [-0.1, -0.05) is 18.5 Å². The minimum Gasteiger partial charge on any atom is -0.304 e. The standard InChI is InChI=1S/C15H24ClN5/c1-5-8-17-14(13-9-11(4)19-20(13)6-2)15-12(16)10-18-21(15)7-3/h9-10,14,17H,5-8H2,1-4H3. The van der Waals surface area contributed by atoms with Gasteiger partial charge in [-0.2, -0.15) is 10.2 Å². The van der Waals surface area contributed by atoms with Crippen LogP contribution in [0, 0.1) is 6.92 Å². The Bertz CT molecular complexity index is 587. The van der Waals surface area contributed by atoms with Crippen molar-refractivity contribution in [2.24, 2.45) is 0 Å².